The molecule has 134 valence electrons. The molecule has 0 fully saturated rings. The second-order valence-electron chi connectivity index (χ2n) is 6.15. The van der Waals surface area contributed by atoms with Gasteiger partial charge in [-0.05, 0) is 31.5 Å². The van der Waals surface area contributed by atoms with Gasteiger partial charge in [-0.2, -0.15) is 0 Å². The first-order chi connectivity index (χ1) is 12.4. The predicted molar refractivity (Wildman–Crippen MR) is 98.9 cm³/mol. The quantitative estimate of drug-likeness (QED) is 0.698. The Morgan fingerprint density at radius 2 is 1.88 bits per heavy atom. The van der Waals surface area contributed by atoms with E-state index in [9.17, 15) is 13.6 Å². The van der Waals surface area contributed by atoms with Crippen LogP contribution >= 0.6 is 11.3 Å². The van der Waals surface area contributed by atoms with Crippen LogP contribution in [-0.2, 0) is 11.2 Å². The van der Waals surface area contributed by atoms with Crippen LogP contribution in [0.4, 0.5) is 8.78 Å². The monoisotopic (exact) mass is 372 g/mol. The fraction of sp³-hybridized carbons (Fsp3) is 0.200. The van der Waals surface area contributed by atoms with Crippen LogP contribution in [0.2, 0.25) is 0 Å². The van der Waals surface area contributed by atoms with E-state index in [2.05, 4.69) is 10.3 Å². The molecule has 1 N–H and O–H groups in total. The third-order valence-corrected chi connectivity index (χ3v) is 4.95. The molecule has 1 atom stereocenters. The van der Waals surface area contributed by atoms with Gasteiger partial charge in [0.1, 0.15) is 5.01 Å². The maximum Gasteiger partial charge on any atom is 0.226 e. The van der Waals surface area contributed by atoms with Crippen LogP contribution in [0.1, 0.15) is 29.8 Å². The van der Waals surface area contributed by atoms with Gasteiger partial charge >= 0.3 is 0 Å². The lowest BCUT2D eigenvalue weighted by molar-refractivity contribution is -0.121. The SMILES string of the molecule is Cc1ccc(-c2nc(CC(=O)NC(C)c3ccc(F)c(F)c3)cs2)cc1. The second-order valence-corrected chi connectivity index (χ2v) is 7.01. The number of hydrogen-bond donors (Lipinski definition) is 1. The van der Waals surface area contributed by atoms with Gasteiger partial charge in [0.2, 0.25) is 5.91 Å². The van der Waals surface area contributed by atoms with Gasteiger partial charge in [-0.25, -0.2) is 13.8 Å². The molecule has 1 amide bonds. The molecule has 0 bridgehead atoms. The summed E-state index contributed by atoms with van der Waals surface area (Å²) in [6, 6.07) is 11.2. The lowest BCUT2D eigenvalue weighted by Gasteiger charge is -2.14. The minimum Gasteiger partial charge on any atom is -0.349 e. The molecule has 0 aliphatic carbocycles. The summed E-state index contributed by atoms with van der Waals surface area (Å²) in [7, 11) is 0. The van der Waals surface area contributed by atoms with Gasteiger partial charge in [0.25, 0.3) is 0 Å². The minimum atomic E-state index is -0.925. The molecule has 1 heterocycles. The summed E-state index contributed by atoms with van der Waals surface area (Å²) in [6.45, 7) is 3.75. The summed E-state index contributed by atoms with van der Waals surface area (Å²) in [6.07, 6.45) is 0.135. The fourth-order valence-electron chi connectivity index (χ4n) is 2.54. The van der Waals surface area contributed by atoms with E-state index in [0.29, 0.717) is 11.3 Å². The molecule has 0 spiro atoms. The van der Waals surface area contributed by atoms with Crippen molar-refractivity contribution < 1.29 is 13.6 Å². The molecular weight excluding hydrogens is 354 g/mol. The van der Waals surface area contributed by atoms with Crippen molar-refractivity contribution in [3.8, 4) is 10.6 Å². The number of aryl methyl sites for hydroxylation is 1. The van der Waals surface area contributed by atoms with Crippen LogP contribution in [-0.4, -0.2) is 10.9 Å². The molecule has 0 radical (unpaired) electrons. The van der Waals surface area contributed by atoms with E-state index in [0.717, 1.165) is 22.7 Å². The Kier molecular flexibility index (Phi) is 5.42. The zero-order chi connectivity index (χ0) is 18.7. The number of benzene rings is 2. The highest BCUT2D eigenvalue weighted by Crippen LogP contribution is 2.24. The highest BCUT2D eigenvalue weighted by atomic mass is 32.1. The topological polar surface area (TPSA) is 42.0 Å². The molecule has 0 saturated carbocycles. The number of carbonyl (C=O) groups is 1. The summed E-state index contributed by atoms with van der Waals surface area (Å²) >= 11 is 1.49. The van der Waals surface area contributed by atoms with E-state index in [1.807, 2.05) is 36.6 Å². The van der Waals surface area contributed by atoms with Crippen molar-refractivity contribution in [2.24, 2.45) is 0 Å². The maximum absolute atomic E-state index is 13.3. The first-order valence-corrected chi connectivity index (χ1v) is 9.06. The van der Waals surface area contributed by atoms with Crippen LogP contribution in [0.3, 0.4) is 0 Å². The Bertz CT molecular complexity index is 922. The van der Waals surface area contributed by atoms with Gasteiger partial charge in [-0.1, -0.05) is 35.9 Å². The molecule has 0 aliphatic heterocycles. The van der Waals surface area contributed by atoms with Gasteiger partial charge in [0, 0.05) is 10.9 Å². The van der Waals surface area contributed by atoms with Crippen molar-refractivity contribution >= 4 is 17.2 Å². The number of rotatable bonds is 5. The first kappa shape index (κ1) is 18.2. The van der Waals surface area contributed by atoms with Crippen molar-refractivity contribution in [1.29, 1.82) is 0 Å². The fourth-order valence-corrected chi connectivity index (χ4v) is 3.36. The molecular formula is C20H18F2N2OS. The first-order valence-electron chi connectivity index (χ1n) is 8.18. The summed E-state index contributed by atoms with van der Waals surface area (Å²) in [4.78, 5) is 16.7. The number of aromatic nitrogens is 1. The van der Waals surface area contributed by atoms with Crippen molar-refractivity contribution in [3.05, 3.63) is 76.3 Å². The van der Waals surface area contributed by atoms with E-state index < -0.39 is 17.7 Å². The third kappa shape index (κ3) is 4.32. The molecule has 3 rings (SSSR count). The lowest BCUT2D eigenvalue weighted by Crippen LogP contribution is -2.28. The number of halogens is 2. The average Bonchev–Trinajstić information content (AvgIpc) is 3.06. The predicted octanol–water partition coefficient (Wildman–Crippen LogP) is 4.82. The van der Waals surface area contributed by atoms with Gasteiger partial charge in [-0.3, -0.25) is 4.79 Å². The van der Waals surface area contributed by atoms with Gasteiger partial charge < -0.3 is 5.32 Å². The summed E-state index contributed by atoms with van der Waals surface area (Å²) < 4.78 is 26.3. The Balaban J connectivity index is 1.63. The van der Waals surface area contributed by atoms with Gasteiger partial charge in [-0.15, -0.1) is 11.3 Å². The number of hydrogen-bond acceptors (Lipinski definition) is 3. The van der Waals surface area contributed by atoms with E-state index in [1.54, 1.807) is 6.92 Å². The molecule has 0 saturated heterocycles. The van der Waals surface area contributed by atoms with Crippen LogP contribution in [0.25, 0.3) is 10.6 Å². The summed E-state index contributed by atoms with van der Waals surface area (Å²) in [5, 5.41) is 5.51. The van der Waals surface area contributed by atoms with E-state index in [1.165, 1.54) is 23.0 Å². The van der Waals surface area contributed by atoms with Crippen LogP contribution in [0, 0.1) is 18.6 Å². The zero-order valence-corrected chi connectivity index (χ0v) is 15.2. The Hall–Kier alpha value is -2.60. The highest BCUT2D eigenvalue weighted by molar-refractivity contribution is 7.13. The largest absolute Gasteiger partial charge is 0.349 e. The number of carbonyl (C=O) groups excluding carboxylic acids is 1. The van der Waals surface area contributed by atoms with Crippen molar-refractivity contribution in [1.82, 2.24) is 10.3 Å². The molecule has 1 unspecified atom stereocenters. The Morgan fingerprint density at radius 1 is 1.15 bits per heavy atom. The number of thiazole rings is 1. The number of nitrogens with zero attached hydrogens (tertiary/aromatic N) is 1. The molecule has 1 aromatic heterocycles. The third-order valence-electron chi connectivity index (χ3n) is 4.01. The minimum absolute atomic E-state index is 0.135. The number of nitrogens with one attached hydrogen (secondary N) is 1. The van der Waals surface area contributed by atoms with E-state index in [-0.39, 0.29) is 12.3 Å². The van der Waals surface area contributed by atoms with Crippen molar-refractivity contribution in [3.63, 3.8) is 0 Å². The smallest absolute Gasteiger partial charge is 0.226 e. The van der Waals surface area contributed by atoms with Crippen molar-refractivity contribution in [2.45, 2.75) is 26.3 Å². The molecule has 6 heteroatoms. The van der Waals surface area contributed by atoms with Crippen LogP contribution < -0.4 is 5.32 Å². The maximum atomic E-state index is 13.3. The van der Waals surface area contributed by atoms with Crippen LogP contribution in [0.15, 0.2) is 47.8 Å². The zero-order valence-electron chi connectivity index (χ0n) is 14.4. The van der Waals surface area contributed by atoms with Gasteiger partial charge in [0.05, 0.1) is 18.2 Å². The van der Waals surface area contributed by atoms with Crippen molar-refractivity contribution in [2.75, 3.05) is 0 Å². The molecule has 3 aromatic rings. The molecule has 26 heavy (non-hydrogen) atoms. The van der Waals surface area contributed by atoms with E-state index in [4.69, 9.17) is 0 Å². The molecule has 0 aliphatic rings. The molecule has 3 nitrogen and oxygen atoms in total. The average molecular weight is 372 g/mol. The van der Waals surface area contributed by atoms with Crippen LogP contribution in [0.5, 0.6) is 0 Å². The van der Waals surface area contributed by atoms with Gasteiger partial charge in [0.15, 0.2) is 11.6 Å². The highest BCUT2D eigenvalue weighted by Gasteiger charge is 2.14. The molecule has 2 aromatic carbocycles. The second kappa shape index (κ2) is 7.74. The lowest BCUT2D eigenvalue weighted by atomic mass is 10.1. The number of amides is 1. The summed E-state index contributed by atoms with van der Waals surface area (Å²) in [5.41, 5.74) is 3.38. The summed E-state index contributed by atoms with van der Waals surface area (Å²) in [5.74, 6) is -2.05. The van der Waals surface area contributed by atoms with E-state index >= 15 is 0 Å². The Labute approximate surface area is 154 Å². The Morgan fingerprint density at radius 3 is 2.58 bits per heavy atom. The normalized spacial score (nSPS) is 12.0. The standard InChI is InChI=1S/C20H18F2N2OS/c1-12-3-5-14(6-4-12)20-24-16(11-26-20)10-19(25)23-13(2)15-7-8-17(21)18(22)9-15/h3-9,11,13H,10H2,1-2H3,(H,23,25).